The molecular weight excluding hydrogens is 628 g/mol. The molecule has 1 fully saturated rings. The lowest BCUT2D eigenvalue weighted by Gasteiger charge is -2.43. The zero-order valence-corrected chi connectivity index (χ0v) is 31.3. The van der Waals surface area contributed by atoms with Gasteiger partial charge in [-0.25, -0.2) is 9.59 Å². The SMILES string of the molecule is CC(C)(C)OC(=O)NC(CCC(=O)N[C@H](C(=O)O)C(C)(C)CC1OCC(c2ccccc2)(c2ccccc2)CO1)O[Si](C)(C)C(C)(C)C. The molecule has 2 aromatic rings. The lowest BCUT2D eigenvalue weighted by molar-refractivity contribution is -0.216. The van der Waals surface area contributed by atoms with Crippen LogP contribution in [0.5, 0.6) is 0 Å². The highest BCUT2D eigenvalue weighted by Gasteiger charge is 2.45. The Balaban J connectivity index is 1.68. The van der Waals surface area contributed by atoms with Gasteiger partial charge in [0.1, 0.15) is 17.9 Å². The van der Waals surface area contributed by atoms with E-state index in [1.807, 2.05) is 36.4 Å². The van der Waals surface area contributed by atoms with Crippen LogP contribution in [0.15, 0.2) is 60.7 Å². The van der Waals surface area contributed by atoms with Gasteiger partial charge in [-0.1, -0.05) is 95.3 Å². The molecule has 10 nitrogen and oxygen atoms in total. The molecule has 1 aliphatic rings. The molecule has 0 spiro atoms. The fourth-order valence-corrected chi connectivity index (χ4v) is 6.70. The van der Waals surface area contributed by atoms with E-state index >= 15 is 0 Å². The summed E-state index contributed by atoms with van der Waals surface area (Å²) in [5, 5.41) is 15.6. The Labute approximate surface area is 287 Å². The van der Waals surface area contributed by atoms with Crippen molar-refractivity contribution in [3.8, 4) is 0 Å². The van der Waals surface area contributed by atoms with E-state index in [-0.39, 0.29) is 24.3 Å². The molecule has 48 heavy (non-hydrogen) atoms. The quantitative estimate of drug-likeness (QED) is 0.152. The minimum atomic E-state index is -2.35. The Bertz CT molecular complexity index is 1320. The Hall–Kier alpha value is -3.25. The Morgan fingerprint density at radius 1 is 0.875 bits per heavy atom. The van der Waals surface area contributed by atoms with E-state index in [2.05, 4.69) is 68.8 Å². The Kier molecular flexibility index (Phi) is 12.7. The summed E-state index contributed by atoms with van der Waals surface area (Å²) in [7, 11) is -2.35. The van der Waals surface area contributed by atoms with Gasteiger partial charge in [-0.2, -0.15) is 0 Å². The van der Waals surface area contributed by atoms with Gasteiger partial charge < -0.3 is 29.1 Å². The van der Waals surface area contributed by atoms with Crippen LogP contribution in [0.2, 0.25) is 18.1 Å². The van der Waals surface area contributed by atoms with Crippen LogP contribution in [-0.4, -0.2) is 68.8 Å². The van der Waals surface area contributed by atoms with Gasteiger partial charge in [0.15, 0.2) is 14.6 Å². The molecule has 11 heteroatoms. The van der Waals surface area contributed by atoms with Crippen molar-refractivity contribution in [1.82, 2.24) is 10.6 Å². The van der Waals surface area contributed by atoms with Gasteiger partial charge >= 0.3 is 12.1 Å². The first-order chi connectivity index (χ1) is 22.2. The summed E-state index contributed by atoms with van der Waals surface area (Å²) in [5.41, 5.74) is -0.0139. The number of carbonyl (C=O) groups is 3. The molecule has 1 unspecified atom stereocenters. The number of nitrogens with one attached hydrogen (secondary N) is 2. The first-order valence-corrected chi connectivity index (χ1v) is 19.6. The number of hydrogen-bond donors (Lipinski definition) is 3. The molecule has 1 saturated heterocycles. The molecule has 3 N–H and O–H groups in total. The van der Waals surface area contributed by atoms with Crippen molar-refractivity contribution in [2.75, 3.05) is 13.2 Å². The lowest BCUT2D eigenvalue weighted by Crippen LogP contribution is -2.54. The summed E-state index contributed by atoms with van der Waals surface area (Å²) in [6, 6.07) is 18.9. The number of amides is 2. The number of carbonyl (C=O) groups excluding carboxylic acids is 2. The maximum atomic E-state index is 13.3. The smallest absolute Gasteiger partial charge is 0.409 e. The van der Waals surface area contributed by atoms with Crippen LogP contribution in [0.3, 0.4) is 0 Å². The molecular formula is C37H56N2O8Si. The highest BCUT2D eigenvalue weighted by atomic mass is 28.4. The second kappa shape index (κ2) is 15.5. The van der Waals surface area contributed by atoms with E-state index in [9.17, 15) is 19.5 Å². The van der Waals surface area contributed by atoms with Gasteiger partial charge in [0.2, 0.25) is 5.91 Å². The summed E-state index contributed by atoms with van der Waals surface area (Å²) in [6.45, 7) is 19.9. The molecule has 0 saturated carbocycles. The van der Waals surface area contributed by atoms with Crippen LogP contribution in [0.4, 0.5) is 4.79 Å². The first-order valence-electron chi connectivity index (χ1n) is 16.7. The van der Waals surface area contributed by atoms with Crippen LogP contribution < -0.4 is 10.6 Å². The zero-order valence-electron chi connectivity index (χ0n) is 30.3. The minimum absolute atomic E-state index is 0.0674. The lowest BCUT2D eigenvalue weighted by atomic mass is 9.75. The number of hydrogen-bond acceptors (Lipinski definition) is 7. The molecule has 2 amide bonds. The molecule has 0 bridgehead atoms. The molecule has 2 atom stereocenters. The second-order valence-corrected chi connectivity index (χ2v) is 20.7. The van der Waals surface area contributed by atoms with Crippen molar-refractivity contribution in [1.29, 1.82) is 0 Å². The third kappa shape index (κ3) is 10.6. The van der Waals surface area contributed by atoms with E-state index in [4.69, 9.17) is 18.6 Å². The summed E-state index contributed by atoms with van der Waals surface area (Å²) < 4.78 is 24.5. The first kappa shape index (κ1) is 39.2. The Morgan fingerprint density at radius 3 is 1.81 bits per heavy atom. The minimum Gasteiger partial charge on any atom is -0.480 e. The molecule has 3 rings (SSSR count). The van der Waals surface area contributed by atoms with Gasteiger partial charge in [-0.3, -0.25) is 10.1 Å². The highest BCUT2D eigenvalue weighted by molar-refractivity contribution is 6.74. The number of benzene rings is 2. The van der Waals surface area contributed by atoms with E-state index < -0.39 is 61.3 Å². The summed E-state index contributed by atoms with van der Waals surface area (Å²) in [5.74, 6) is -1.63. The summed E-state index contributed by atoms with van der Waals surface area (Å²) in [4.78, 5) is 38.4. The topological polar surface area (TPSA) is 132 Å². The van der Waals surface area contributed by atoms with Crippen molar-refractivity contribution >= 4 is 26.3 Å². The molecule has 2 aromatic carbocycles. The maximum Gasteiger partial charge on any atom is 0.409 e. The maximum absolute atomic E-state index is 13.3. The normalized spacial score (nSPS) is 17.2. The van der Waals surface area contributed by atoms with E-state index in [1.54, 1.807) is 34.6 Å². The molecule has 0 radical (unpaired) electrons. The van der Waals surface area contributed by atoms with Crippen molar-refractivity contribution in [2.45, 2.75) is 122 Å². The number of aliphatic carboxylic acids is 1. The van der Waals surface area contributed by atoms with Crippen LogP contribution in [0.25, 0.3) is 0 Å². The summed E-state index contributed by atoms with van der Waals surface area (Å²) >= 11 is 0. The van der Waals surface area contributed by atoms with Crippen molar-refractivity contribution in [2.24, 2.45) is 5.41 Å². The van der Waals surface area contributed by atoms with E-state index in [0.717, 1.165) is 11.1 Å². The predicted octanol–water partition coefficient (Wildman–Crippen LogP) is 6.98. The third-order valence-corrected chi connectivity index (χ3v) is 13.8. The standard InChI is InChI=1S/C37H56N2O8Si/c1-34(2,3)46-33(43)39-29(47-48(9,10)35(4,5)6)22-21-28(40)38-31(32(41)42)36(7,8)23-30-44-24-37(25-45-30,26-17-13-11-14-18-26)27-19-15-12-16-20-27/h11-20,29-31H,21-25H2,1-10H3,(H,38,40)(H,39,43)(H,41,42)/t29?,31-/m1/s1. The number of carboxylic acid groups (broad SMARTS) is 1. The van der Waals surface area contributed by atoms with E-state index in [1.165, 1.54) is 0 Å². The fourth-order valence-electron chi connectivity index (χ4n) is 5.46. The van der Waals surface area contributed by atoms with Crippen molar-refractivity contribution in [3.63, 3.8) is 0 Å². The predicted molar refractivity (Wildman–Crippen MR) is 188 cm³/mol. The van der Waals surface area contributed by atoms with Gasteiger partial charge in [0.25, 0.3) is 0 Å². The molecule has 266 valence electrons. The molecule has 0 aromatic heterocycles. The van der Waals surface area contributed by atoms with Gasteiger partial charge in [-0.15, -0.1) is 0 Å². The number of alkyl carbamates (subject to hydrolysis) is 1. The zero-order chi connectivity index (χ0) is 36.0. The van der Waals surface area contributed by atoms with Crippen LogP contribution in [0.1, 0.15) is 85.8 Å². The van der Waals surface area contributed by atoms with Crippen molar-refractivity contribution < 1.29 is 38.1 Å². The number of ether oxygens (including phenoxy) is 3. The average Bonchev–Trinajstić information content (AvgIpc) is 2.98. The monoisotopic (exact) mass is 684 g/mol. The van der Waals surface area contributed by atoms with Gasteiger partial charge in [-0.05, 0) is 50.0 Å². The fraction of sp³-hybridized carbons (Fsp3) is 0.595. The van der Waals surface area contributed by atoms with Gasteiger partial charge in [0.05, 0.1) is 18.6 Å². The highest BCUT2D eigenvalue weighted by Crippen LogP contribution is 2.40. The number of rotatable bonds is 13. The van der Waals surface area contributed by atoms with E-state index in [0.29, 0.717) is 13.2 Å². The Morgan fingerprint density at radius 2 is 1.38 bits per heavy atom. The van der Waals surface area contributed by atoms with Crippen LogP contribution >= 0.6 is 0 Å². The number of carboxylic acids is 1. The van der Waals surface area contributed by atoms with Crippen LogP contribution in [-0.2, 0) is 33.6 Å². The van der Waals surface area contributed by atoms with Crippen LogP contribution in [0, 0.1) is 5.41 Å². The molecule has 1 heterocycles. The molecule has 1 aliphatic heterocycles. The second-order valence-electron chi connectivity index (χ2n) is 15.9. The summed E-state index contributed by atoms with van der Waals surface area (Å²) in [6.07, 6.45) is -1.79. The average molecular weight is 685 g/mol. The largest absolute Gasteiger partial charge is 0.480 e. The van der Waals surface area contributed by atoms with Crippen molar-refractivity contribution in [3.05, 3.63) is 71.8 Å². The van der Waals surface area contributed by atoms with Gasteiger partial charge in [0, 0.05) is 24.7 Å². The molecule has 0 aliphatic carbocycles. The third-order valence-electron chi connectivity index (χ3n) is 9.26.